The molecule has 1 N–H and O–H groups in total. The second-order valence-electron chi connectivity index (χ2n) is 5.31. The lowest BCUT2D eigenvalue weighted by atomic mass is 10.2. The number of nitrogens with one attached hydrogen (secondary N) is 1. The van der Waals surface area contributed by atoms with E-state index in [4.69, 9.17) is 11.6 Å². The maximum atomic E-state index is 13.5. The van der Waals surface area contributed by atoms with E-state index in [0.29, 0.717) is 11.4 Å². The smallest absolute Gasteiger partial charge is 0.235 e. The molecule has 120 valence electrons. The molecule has 1 aliphatic rings. The quantitative estimate of drug-likeness (QED) is 0.669. The summed E-state index contributed by atoms with van der Waals surface area (Å²) in [6, 6.07) is 5.16. The number of amides is 1. The molecular formula is C14H12ClFN4O3. The summed E-state index contributed by atoms with van der Waals surface area (Å²) in [5, 5.41) is 17.3. The second-order valence-corrected chi connectivity index (χ2v) is 5.71. The molecule has 1 aromatic carbocycles. The first-order chi connectivity index (χ1) is 11.0. The van der Waals surface area contributed by atoms with Crippen molar-refractivity contribution in [2.75, 3.05) is 5.32 Å². The third-order valence-electron chi connectivity index (χ3n) is 3.65. The highest BCUT2D eigenvalue weighted by atomic mass is 35.5. The first-order valence-corrected chi connectivity index (χ1v) is 7.23. The Labute approximate surface area is 135 Å². The van der Waals surface area contributed by atoms with E-state index < -0.39 is 28.6 Å². The van der Waals surface area contributed by atoms with E-state index in [0.717, 1.165) is 0 Å². The van der Waals surface area contributed by atoms with Crippen LogP contribution in [0.1, 0.15) is 12.0 Å². The zero-order valence-corrected chi connectivity index (χ0v) is 12.5. The van der Waals surface area contributed by atoms with Crippen LogP contribution in [0.25, 0.3) is 0 Å². The fraction of sp³-hybridized carbons (Fsp3) is 0.286. The fourth-order valence-corrected chi connectivity index (χ4v) is 2.41. The van der Waals surface area contributed by atoms with Gasteiger partial charge in [0.1, 0.15) is 17.6 Å². The summed E-state index contributed by atoms with van der Waals surface area (Å²) < 4.78 is 14.9. The van der Waals surface area contributed by atoms with E-state index in [1.54, 1.807) is 12.1 Å². The Hall–Kier alpha value is -2.48. The lowest BCUT2D eigenvalue weighted by Crippen LogP contribution is -2.20. The van der Waals surface area contributed by atoms with Gasteiger partial charge in [0.05, 0.1) is 17.8 Å². The Balaban J connectivity index is 1.69. The number of benzene rings is 1. The van der Waals surface area contributed by atoms with Crippen LogP contribution < -0.4 is 5.32 Å². The first kappa shape index (κ1) is 15.4. The monoisotopic (exact) mass is 338 g/mol. The molecule has 3 rings (SSSR count). The summed E-state index contributed by atoms with van der Waals surface area (Å²) >= 11 is 5.63. The molecule has 1 saturated carbocycles. The van der Waals surface area contributed by atoms with Crippen molar-refractivity contribution in [3.8, 4) is 0 Å². The Kier molecular flexibility index (Phi) is 3.99. The summed E-state index contributed by atoms with van der Waals surface area (Å²) in [6.07, 6.45) is 1.73. The van der Waals surface area contributed by atoms with Crippen molar-refractivity contribution >= 4 is 23.3 Å². The predicted molar refractivity (Wildman–Crippen MR) is 80.3 cm³/mol. The molecule has 0 radical (unpaired) electrons. The van der Waals surface area contributed by atoms with Gasteiger partial charge in [-0.15, -0.1) is 0 Å². The number of nitro groups is 1. The molecule has 1 aliphatic carbocycles. The molecule has 1 aromatic heterocycles. The standard InChI is InChI=1S/C14H12ClFN4O3/c15-10-2-1-8(5-11(10)16)7-19-13(3-4-17-19)18-14(21)9-6-12(9)20(22)23/h1-5,9,12H,6-7H2,(H,18,21)/t9-,12-/m1/s1. The highest BCUT2D eigenvalue weighted by molar-refractivity contribution is 6.30. The second kappa shape index (κ2) is 5.96. The van der Waals surface area contributed by atoms with Crippen molar-refractivity contribution in [2.24, 2.45) is 5.92 Å². The zero-order valence-electron chi connectivity index (χ0n) is 11.8. The van der Waals surface area contributed by atoms with Crippen LogP contribution in [0, 0.1) is 21.8 Å². The van der Waals surface area contributed by atoms with Crippen molar-refractivity contribution < 1.29 is 14.1 Å². The maximum absolute atomic E-state index is 13.5. The van der Waals surface area contributed by atoms with Crippen LogP contribution in [-0.2, 0) is 11.3 Å². The third-order valence-corrected chi connectivity index (χ3v) is 3.96. The topological polar surface area (TPSA) is 90.1 Å². The molecule has 0 saturated heterocycles. The molecule has 7 nitrogen and oxygen atoms in total. The van der Waals surface area contributed by atoms with E-state index in [9.17, 15) is 19.3 Å². The fourth-order valence-electron chi connectivity index (χ4n) is 2.29. The number of rotatable bonds is 5. The maximum Gasteiger partial charge on any atom is 0.235 e. The summed E-state index contributed by atoms with van der Waals surface area (Å²) in [5.41, 5.74) is 0.626. The van der Waals surface area contributed by atoms with Gasteiger partial charge in [0, 0.05) is 17.4 Å². The number of carbonyl (C=O) groups excluding carboxylic acids is 1. The van der Waals surface area contributed by atoms with Crippen LogP contribution >= 0.6 is 11.6 Å². The van der Waals surface area contributed by atoms with Gasteiger partial charge in [-0.2, -0.15) is 5.10 Å². The highest BCUT2D eigenvalue weighted by Crippen LogP contribution is 2.34. The van der Waals surface area contributed by atoms with Gasteiger partial charge in [-0.25, -0.2) is 9.07 Å². The van der Waals surface area contributed by atoms with Crippen LogP contribution in [0.4, 0.5) is 10.2 Å². The van der Waals surface area contributed by atoms with Gasteiger partial charge in [0.2, 0.25) is 11.9 Å². The van der Waals surface area contributed by atoms with Gasteiger partial charge >= 0.3 is 0 Å². The summed E-state index contributed by atoms with van der Waals surface area (Å²) in [4.78, 5) is 22.1. The Morgan fingerprint density at radius 2 is 2.30 bits per heavy atom. The number of halogens is 2. The van der Waals surface area contributed by atoms with E-state index in [-0.39, 0.29) is 18.0 Å². The van der Waals surface area contributed by atoms with Crippen molar-refractivity contribution in [1.82, 2.24) is 9.78 Å². The van der Waals surface area contributed by atoms with Crippen molar-refractivity contribution in [3.05, 3.63) is 57.0 Å². The number of anilines is 1. The average molecular weight is 339 g/mol. The van der Waals surface area contributed by atoms with Crippen LogP contribution in [0.15, 0.2) is 30.5 Å². The van der Waals surface area contributed by atoms with E-state index >= 15 is 0 Å². The molecule has 23 heavy (non-hydrogen) atoms. The Morgan fingerprint density at radius 3 is 2.96 bits per heavy atom. The third kappa shape index (κ3) is 3.31. The molecular weight excluding hydrogens is 327 g/mol. The van der Waals surface area contributed by atoms with Crippen LogP contribution in [-0.4, -0.2) is 26.7 Å². The lowest BCUT2D eigenvalue weighted by molar-refractivity contribution is -0.497. The number of hydrogen-bond donors (Lipinski definition) is 1. The largest absolute Gasteiger partial charge is 0.310 e. The molecule has 2 atom stereocenters. The minimum atomic E-state index is -0.809. The molecule has 9 heteroatoms. The highest BCUT2D eigenvalue weighted by Gasteiger charge is 2.53. The Bertz CT molecular complexity index is 779. The molecule has 0 bridgehead atoms. The van der Waals surface area contributed by atoms with Gasteiger partial charge < -0.3 is 5.32 Å². The van der Waals surface area contributed by atoms with Gasteiger partial charge in [-0.1, -0.05) is 17.7 Å². The predicted octanol–water partition coefficient (Wildman–Crippen LogP) is 2.33. The SMILES string of the molecule is O=C(Nc1ccnn1Cc1ccc(Cl)c(F)c1)[C@@H]1C[C@H]1[N+](=O)[O-]. The van der Waals surface area contributed by atoms with Gasteiger partial charge in [-0.3, -0.25) is 14.9 Å². The molecule has 1 amide bonds. The minimum Gasteiger partial charge on any atom is -0.310 e. The van der Waals surface area contributed by atoms with Crippen molar-refractivity contribution in [1.29, 1.82) is 0 Å². The first-order valence-electron chi connectivity index (χ1n) is 6.86. The molecule has 0 aliphatic heterocycles. The van der Waals surface area contributed by atoms with Gasteiger partial charge in [0.25, 0.3) is 0 Å². The van der Waals surface area contributed by atoms with E-state index in [2.05, 4.69) is 10.4 Å². The van der Waals surface area contributed by atoms with E-state index in [1.807, 2.05) is 0 Å². The molecule has 1 fully saturated rings. The van der Waals surface area contributed by atoms with Crippen molar-refractivity contribution in [2.45, 2.75) is 19.0 Å². The van der Waals surface area contributed by atoms with Gasteiger partial charge in [0.15, 0.2) is 0 Å². The van der Waals surface area contributed by atoms with Crippen LogP contribution in [0.2, 0.25) is 5.02 Å². The normalized spacial score (nSPS) is 19.4. The number of aromatic nitrogens is 2. The van der Waals surface area contributed by atoms with Gasteiger partial charge in [-0.05, 0) is 17.7 Å². The number of nitrogens with zero attached hydrogens (tertiary/aromatic N) is 3. The van der Waals surface area contributed by atoms with Crippen LogP contribution in [0.5, 0.6) is 0 Å². The zero-order chi connectivity index (χ0) is 16.6. The molecule has 2 aromatic rings. The summed E-state index contributed by atoms with van der Waals surface area (Å²) in [6.45, 7) is 0.236. The summed E-state index contributed by atoms with van der Waals surface area (Å²) in [7, 11) is 0. The number of hydrogen-bond acceptors (Lipinski definition) is 4. The molecule has 1 heterocycles. The molecule has 0 spiro atoms. The van der Waals surface area contributed by atoms with Crippen LogP contribution in [0.3, 0.4) is 0 Å². The summed E-state index contributed by atoms with van der Waals surface area (Å²) in [5.74, 6) is -1.15. The number of carbonyl (C=O) groups is 1. The van der Waals surface area contributed by atoms with Crippen molar-refractivity contribution in [3.63, 3.8) is 0 Å². The minimum absolute atomic E-state index is 0.0299. The molecule has 0 unspecified atom stereocenters. The van der Waals surface area contributed by atoms with E-state index in [1.165, 1.54) is 23.0 Å². The lowest BCUT2D eigenvalue weighted by Gasteiger charge is -2.09. The Morgan fingerprint density at radius 1 is 1.52 bits per heavy atom. The average Bonchev–Trinajstić information content (AvgIpc) is 3.21.